The molecule has 0 aromatic carbocycles. The molecule has 0 amide bonds. The summed E-state index contributed by atoms with van der Waals surface area (Å²) in [4.78, 5) is 4.41. The van der Waals surface area contributed by atoms with Crippen LogP contribution in [0.15, 0.2) is 4.99 Å². The molecule has 0 unspecified atom stereocenters. The van der Waals surface area contributed by atoms with E-state index in [4.69, 9.17) is 0 Å². The third kappa shape index (κ3) is 2.01. The first-order valence-corrected chi connectivity index (χ1v) is 4.57. The van der Waals surface area contributed by atoms with Gasteiger partial charge in [0.15, 0.2) is 0 Å². The van der Waals surface area contributed by atoms with Crippen molar-refractivity contribution < 1.29 is 0 Å². The molecule has 1 aliphatic heterocycles. The van der Waals surface area contributed by atoms with E-state index in [1.54, 1.807) is 0 Å². The van der Waals surface area contributed by atoms with Crippen LogP contribution in [0.25, 0.3) is 0 Å². The highest BCUT2D eigenvalue weighted by atomic mass is 32.2. The summed E-state index contributed by atoms with van der Waals surface area (Å²) in [7, 11) is 0. The van der Waals surface area contributed by atoms with Gasteiger partial charge in [-0.25, -0.2) is 0 Å². The molecule has 0 aromatic rings. The minimum atomic E-state index is 0.672. The molecular weight excluding hydrogens is 130 g/mol. The molecule has 0 radical (unpaired) electrons. The largest absolute Gasteiger partial charge is 0.283 e. The molecular formula is C7H13NS. The van der Waals surface area contributed by atoms with E-state index in [-0.39, 0.29) is 0 Å². The zero-order chi connectivity index (χ0) is 6.69. The van der Waals surface area contributed by atoms with Gasteiger partial charge in [0.2, 0.25) is 0 Å². The van der Waals surface area contributed by atoms with Crippen molar-refractivity contribution in [1.29, 1.82) is 0 Å². The van der Waals surface area contributed by atoms with Crippen LogP contribution in [0.1, 0.15) is 20.3 Å². The van der Waals surface area contributed by atoms with Crippen molar-refractivity contribution in [3.05, 3.63) is 0 Å². The summed E-state index contributed by atoms with van der Waals surface area (Å²) in [6, 6.07) is 0. The maximum absolute atomic E-state index is 4.41. The van der Waals surface area contributed by atoms with E-state index < -0.39 is 0 Å². The van der Waals surface area contributed by atoms with Crippen LogP contribution in [-0.2, 0) is 0 Å². The molecule has 0 aliphatic carbocycles. The molecule has 52 valence electrons. The number of hydrogen-bond acceptors (Lipinski definition) is 2. The van der Waals surface area contributed by atoms with Gasteiger partial charge >= 0.3 is 0 Å². The van der Waals surface area contributed by atoms with Crippen molar-refractivity contribution in [1.82, 2.24) is 0 Å². The lowest BCUT2D eigenvalue weighted by atomic mass is 10.1. The normalized spacial score (nSPS) is 20.1. The average molecular weight is 143 g/mol. The number of thioether (sulfide) groups is 1. The van der Waals surface area contributed by atoms with Gasteiger partial charge < -0.3 is 0 Å². The second-order valence-corrected chi connectivity index (χ2v) is 3.67. The Morgan fingerprint density at radius 2 is 2.33 bits per heavy atom. The Hall–Kier alpha value is 0.0200. The van der Waals surface area contributed by atoms with Gasteiger partial charge in [-0.1, -0.05) is 13.8 Å². The molecule has 0 N–H and O–H groups in total. The van der Waals surface area contributed by atoms with Crippen LogP contribution in [0.3, 0.4) is 0 Å². The molecule has 0 saturated heterocycles. The zero-order valence-electron chi connectivity index (χ0n) is 6.05. The average Bonchev–Trinajstić information content (AvgIpc) is 1.90. The minimum absolute atomic E-state index is 0.672. The van der Waals surface area contributed by atoms with Crippen molar-refractivity contribution in [3.63, 3.8) is 0 Å². The van der Waals surface area contributed by atoms with E-state index in [0.29, 0.717) is 5.92 Å². The lowest BCUT2D eigenvalue weighted by Gasteiger charge is -2.13. The molecule has 1 aliphatic rings. The molecule has 0 spiro atoms. The zero-order valence-corrected chi connectivity index (χ0v) is 6.87. The summed E-state index contributed by atoms with van der Waals surface area (Å²) in [5.41, 5.74) is 1.41. The van der Waals surface area contributed by atoms with Gasteiger partial charge in [-0.05, 0) is 12.3 Å². The minimum Gasteiger partial charge on any atom is -0.283 e. The van der Waals surface area contributed by atoms with Crippen LogP contribution < -0.4 is 0 Å². The molecule has 0 fully saturated rings. The van der Waals surface area contributed by atoms with Crippen LogP contribution in [0.5, 0.6) is 0 Å². The first kappa shape index (κ1) is 7.13. The first-order chi connectivity index (χ1) is 4.30. The Kier molecular flexibility index (Phi) is 2.58. The second kappa shape index (κ2) is 3.25. The smallest absolute Gasteiger partial charge is 0.0843 e. The summed E-state index contributed by atoms with van der Waals surface area (Å²) in [5.74, 6) is 2.94. The first-order valence-electron chi connectivity index (χ1n) is 3.41. The van der Waals surface area contributed by atoms with Crippen molar-refractivity contribution in [2.75, 3.05) is 11.6 Å². The van der Waals surface area contributed by atoms with Crippen LogP contribution in [0.2, 0.25) is 0 Å². The van der Waals surface area contributed by atoms with Crippen molar-refractivity contribution >= 4 is 17.5 Å². The number of hydrogen-bond donors (Lipinski definition) is 0. The van der Waals surface area contributed by atoms with Crippen molar-refractivity contribution in [2.45, 2.75) is 20.3 Å². The Morgan fingerprint density at radius 1 is 1.56 bits per heavy atom. The predicted molar refractivity (Wildman–Crippen MR) is 44.2 cm³/mol. The van der Waals surface area contributed by atoms with Gasteiger partial charge in [0.25, 0.3) is 0 Å². The Balaban J connectivity index is 2.46. The Morgan fingerprint density at radius 3 is 2.67 bits per heavy atom. The van der Waals surface area contributed by atoms with Gasteiger partial charge in [-0.15, -0.1) is 11.8 Å². The van der Waals surface area contributed by atoms with Crippen LogP contribution in [-0.4, -0.2) is 17.3 Å². The third-order valence-electron chi connectivity index (χ3n) is 1.53. The monoisotopic (exact) mass is 143 g/mol. The Bertz CT molecular complexity index is 118. The molecule has 1 heterocycles. The van der Waals surface area contributed by atoms with Crippen LogP contribution in [0.4, 0.5) is 0 Å². The molecule has 0 saturated carbocycles. The summed E-state index contributed by atoms with van der Waals surface area (Å²) in [5, 5.41) is 0. The fourth-order valence-electron chi connectivity index (χ4n) is 0.920. The molecule has 2 heteroatoms. The van der Waals surface area contributed by atoms with E-state index in [2.05, 4.69) is 18.8 Å². The second-order valence-electron chi connectivity index (χ2n) is 2.59. The van der Waals surface area contributed by atoms with Crippen LogP contribution >= 0.6 is 11.8 Å². The van der Waals surface area contributed by atoms with E-state index >= 15 is 0 Å². The van der Waals surface area contributed by atoms with Gasteiger partial charge in [-0.2, -0.15) is 0 Å². The molecule has 1 rings (SSSR count). The van der Waals surface area contributed by atoms with Crippen molar-refractivity contribution in [3.8, 4) is 0 Å². The maximum Gasteiger partial charge on any atom is 0.0843 e. The molecule has 0 bridgehead atoms. The number of nitrogens with zero attached hydrogens (tertiary/aromatic N) is 1. The molecule has 0 aromatic heterocycles. The summed E-state index contributed by atoms with van der Waals surface area (Å²) < 4.78 is 0. The number of aliphatic imine (C=N–C) groups is 1. The molecule has 0 atom stereocenters. The molecule has 1 nitrogen and oxygen atoms in total. The van der Waals surface area contributed by atoms with Gasteiger partial charge in [0, 0.05) is 11.5 Å². The highest BCUT2D eigenvalue weighted by Crippen LogP contribution is 2.14. The standard InChI is InChI=1S/C7H13NS/c1-6(2)7-3-4-9-5-8-7/h6H,3-5H2,1-2H3. The quantitative estimate of drug-likeness (QED) is 0.548. The van der Waals surface area contributed by atoms with E-state index in [0.717, 1.165) is 5.88 Å². The van der Waals surface area contributed by atoms with E-state index in [1.807, 2.05) is 11.8 Å². The predicted octanol–water partition coefficient (Wildman–Crippen LogP) is 2.18. The van der Waals surface area contributed by atoms with E-state index in [9.17, 15) is 0 Å². The topological polar surface area (TPSA) is 12.4 Å². The highest BCUT2D eigenvalue weighted by molar-refractivity contribution is 7.99. The summed E-state index contributed by atoms with van der Waals surface area (Å²) >= 11 is 1.93. The van der Waals surface area contributed by atoms with Gasteiger partial charge in [0.05, 0.1) is 5.88 Å². The van der Waals surface area contributed by atoms with Gasteiger partial charge in [0.1, 0.15) is 0 Å². The lowest BCUT2D eigenvalue weighted by molar-refractivity contribution is 0.850. The fraction of sp³-hybridized carbons (Fsp3) is 0.857. The third-order valence-corrected chi connectivity index (χ3v) is 2.33. The maximum atomic E-state index is 4.41. The van der Waals surface area contributed by atoms with E-state index in [1.165, 1.54) is 17.9 Å². The fourth-order valence-corrected chi connectivity index (χ4v) is 1.66. The molecule has 9 heavy (non-hydrogen) atoms. The Labute approximate surface area is 60.9 Å². The summed E-state index contributed by atoms with van der Waals surface area (Å²) in [6.07, 6.45) is 1.21. The van der Waals surface area contributed by atoms with Crippen molar-refractivity contribution in [2.24, 2.45) is 10.9 Å². The summed E-state index contributed by atoms with van der Waals surface area (Å²) in [6.45, 7) is 4.43. The van der Waals surface area contributed by atoms with Crippen LogP contribution in [0, 0.1) is 5.92 Å². The lowest BCUT2D eigenvalue weighted by Crippen LogP contribution is -2.12. The SMILES string of the molecule is CC(C)C1=NCSCC1. The van der Waals surface area contributed by atoms with Gasteiger partial charge in [-0.3, -0.25) is 4.99 Å². The highest BCUT2D eigenvalue weighted by Gasteiger charge is 2.07. The number of rotatable bonds is 1.